The molecule has 5 heteroatoms. The largest absolute Gasteiger partial charge is 0.497 e. The van der Waals surface area contributed by atoms with Crippen LogP contribution in [0.5, 0.6) is 11.5 Å². The van der Waals surface area contributed by atoms with Gasteiger partial charge in [0.2, 0.25) is 0 Å². The van der Waals surface area contributed by atoms with Gasteiger partial charge in [-0.2, -0.15) is 0 Å². The van der Waals surface area contributed by atoms with Gasteiger partial charge in [0.05, 0.1) is 13.7 Å². The van der Waals surface area contributed by atoms with Crippen molar-refractivity contribution in [3.05, 3.63) is 90.0 Å². The Kier molecular flexibility index (Phi) is 6.30. The summed E-state index contributed by atoms with van der Waals surface area (Å²) >= 11 is 0. The molecule has 0 amide bonds. The minimum atomic E-state index is 0.361. The first-order chi connectivity index (χ1) is 13.2. The highest BCUT2D eigenvalue weighted by atomic mass is 16.5. The molecule has 0 saturated carbocycles. The maximum absolute atomic E-state index is 5.97. The maximum atomic E-state index is 5.97. The smallest absolute Gasteiger partial charge is 0.193 e. The molecule has 0 aromatic heterocycles. The van der Waals surface area contributed by atoms with Crippen LogP contribution in [0, 0.1) is 0 Å². The summed E-state index contributed by atoms with van der Waals surface area (Å²) < 4.78 is 10.9. The Morgan fingerprint density at radius 2 is 1.59 bits per heavy atom. The van der Waals surface area contributed by atoms with Crippen molar-refractivity contribution in [2.24, 2.45) is 10.7 Å². The molecular formula is C22H23N3O2. The lowest BCUT2D eigenvalue weighted by molar-refractivity contribution is 0.306. The van der Waals surface area contributed by atoms with Crippen LogP contribution in [0.3, 0.4) is 0 Å². The fourth-order valence-electron chi connectivity index (χ4n) is 2.49. The van der Waals surface area contributed by atoms with Gasteiger partial charge in [-0.05, 0) is 35.4 Å². The molecule has 138 valence electrons. The number of hydrogen-bond donors (Lipinski definition) is 2. The van der Waals surface area contributed by atoms with Crippen molar-refractivity contribution in [3.63, 3.8) is 0 Å². The molecule has 0 fully saturated rings. The SMILES string of the molecule is COc1cccc(NC(N)=NCc2ccc(COc3ccccc3)cc2)c1. The van der Waals surface area contributed by atoms with E-state index in [4.69, 9.17) is 15.2 Å². The zero-order valence-corrected chi connectivity index (χ0v) is 15.3. The molecule has 5 nitrogen and oxygen atoms in total. The predicted molar refractivity (Wildman–Crippen MR) is 109 cm³/mol. The van der Waals surface area contributed by atoms with E-state index >= 15 is 0 Å². The second-order valence-corrected chi connectivity index (χ2v) is 5.98. The quantitative estimate of drug-likeness (QED) is 0.489. The summed E-state index contributed by atoms with van der Waals surface area (Å²) in [5.41, 5.74) is 8.99. The molecule has 0 saturated heterocycles. The molecule has 0 radical (unpaired) electrons. The van der Waals surface area contributed by atoms with Gasteiger partial charge in [0.1, 0.15) is 18.1 Å². The molecule has 0 heterocycles. The third kappa shape index (κ3) is 5.78. The van der Waals surface area contributed by atoms with Gasteiger partial charge in [0.15, 0.2) is 5.96 Å². The highest BCUT2D eigenvalue weighted by Crippen LogP contribution is 2.16. The zero-order valence-electron chi connectivity index (χ0n) is 15.3. The van der Waals surface area contributed by atoms with Crippen LogP contribution in [0.2, 0.25) is 0 Å². The number of para-hydroxylation sites is 1. The van der Waals surface area contributed by atoms with Crippen molar-refractivity contribution in [1.82, 2.24) is 0 Å². The highest BCUT2D eigenvalue weighted by Gasteiger charge is 1.99. The summed E-state index contributed by atoms with van der Waals surface area (Å²) in [4.78, 5) is 4.38. The number of aliphatic imine (C=N–C) groups is 1. The average Bonchev–Trinajstić information content (AvgIpc) is 2.72. The first kappa shape index (κ1) is 18.3. The van der Waals surface area contributed by atoms with E-state index in [2.05, 4.69) is 10.3 Å². The Labute approximate surface area is 159 Å². The van der Waals surface area contributed by atoms with Crippen LogP contribution >= 0.6 is 0 Å². The molecule has 0 spiro atoms. The van der Waals surface area contributed by atoms with E-state index in [1.165, 1.54) is 0 Å². The second kappa shape index (κ2) is 9.29. The molecule has 0 aliphatic rings. The predicted octanol–water partition coefficient (Wildman–Crippen LogP) is 4.20. The Morgan fingerprint density at radius 1 is 0.889 bits per heavy atom. The molecule has 0 unspecified atom stereocenters. The Bertz CT molecular complexity index is 878. The first-order valence-corrected chi connectivity index (χ1v) is 8.69. The van der Waals surface area contributed by atoms with E-state index in [9.17, 15) is 0 Å². The summed E-state index contributed by atoms with van der Waals surface area (Å²) in [5.74, 6) is 1.99. The molecule has 27 heavy (non-hydrogen) atoms. The summed E-state index contributed by atoms with van der Waals surface area (Å²) in [7, 11) is 1.63. The number of anilines is 1. The standard InChI is InChI=1S/C22H23N3O2/c1-26-21-9-5-6-19(14-21)25-22(23)24-15-17-10-12-18(13-11-17)16-27-20-7-3-2-4-8-20/h2-14H,15-16H2,1H3,(H3,23,24,25). The van der Waals surface area contributed by atoms with Crippen molar-refractivity contribution in [3.8, 4) is 11.5 Å². The number of hydrogen-bond acceptors (Lipinski definition) is 3. The minimum absolute atomic E-state index is 0.361. The van der Waals surface area contributed by atoms with Crippen LogP contribution in [-0.4, -0.2) is 13.1 Å². The molecule has 0 atom stereocenters. The van der Waals surface area contributed by atoms with Crippen molar-refractivity contribution < 1.29 is 9.47 Å². The van der Waals surface area contributed by atoms with Crippen LogP contribution in [0.15, 0.2) is 83.9 Å². The number of ether oxygens (including phenoxy) is 2. The average molecular weight is 361 g/mol. The fourth-order valence-corrected chi connectivity index (χ4v) is 2.49. The lowest BCUT2D eigenvalue weighted by atomic mass is 10.1. The Morgan fingerprint density at radius 3 is 2.33 bits per heavy atom. The molecule has 3 rings (SSSR count). The van der Waals surface area contributed by atoms with Crippen molar-refractivity contribution in [1.29, 1.82) is 0 Å². The molecule has 3 aromatic carbocycles. The van der Waals surface area contributed by atoms with E-state index < -0.39 is 0 Å². The number of nitrogens with zero attached hydrogens (tertiary/aromatic N) is 1. The second-order valence-electron chi connectivity index (χ2n) is 5.98. The van der Waals surface area contributed by atoms with Gasteiger partial charge in [-0.15, -0.1) is 0 Å². The van der Waals surface area contributed by atoms with Gasteiger partial charge in [0.25, 0.3) is 0 Å². The van der Waals surface area contributed by atoms with Crippen molar-refractivity contribution in [2.75, 3.05) is 12.4 Å². The molecular weight excluding hydrogens is 338 g/mol. The first-order valence-electron chi connectivity index (χ1n) is 8.69. The van der Waals surface area contributed by atoms with Crippen LogP contribution < -0.4 is 20.5 Å². The van der Waals surface area contributed by atoms with Gasteiger partial charge in [-0.25, -0.2) is 4.99 Å². The van der Waals surface area contributed by atoms with Crippen LogP contribution in [0.25, 0.3) is 0 Å². The number of benzene rings is 3. The summed E-state index contributed by atoms with van der Waals surface area (Å²) in [6.45, 7) is 1.04. The number of guanidine groups is 1. The zero-order chi connectivity index (χ0) is 18.9. The van der Waals surface area contributed by atoms with E-state index in [0.717, 1.165) is 28.3 Å². The molecule has 3 aromatic rings. The molecule has 0 aliphatic heterocycles. The lowest BCUT2D eigenvalue weighted by Crippen LogP contribution is -2.22. The van der Waals surface area contributed by atoms with E-state index in [1.807, 2.05) is 78.9 Å². The third-order valence-electron chi connectivity index (χ3n) is 3.95. The number of nitrogens with two attached hydrogens (primary N) is 1. The molecule has 0 bridgehead atoms. The fraction of sp³-hybridized carbons (Fsp3) is 0.136. The lowest BCUT2D eigenvalue weighted by Gasteiger charge is -2.08. The number of rotatable bonds is 7. The highest BCUT2D eigenvalue weighted by molar-refractivity contribution is 5.92. The van der Waals surface area contributed by atoms with Crippen LogP contribution in [-0.2, 0) is 13.2 Å². The number of nitrogens with one attached hydrogen (secondary N) is 1. The van der Waals surface area contributed by atoms with E-state index in [-0.39, 0.29) is 0 Å². The van der Waals surface area contributed by atoms with Gasteiger partial charge in [-0.1, -0.05) is 48.5 Å². The Balaban J connectivity index is 1.52. The van der Waals surface area contributed by atoms with Gasteiger partial charge >= 0.3 is 0 Å². The van der Waals surface area contributed by atoms with Crippen LogP contribution in [0.1, 0.15) is 11.1 Å². The van der Waals surface area contributed by atoms with Crippen LogP contribution in [0.4, 0.5) is 5.69 Å². The third-order valence-corrected chi connectivity index (χ3v) is 3.95. The monoisotopic (exact) mass is 361 g/mol. The van der Waals surface area contributed by atoms with E-state index in [0.29, 0.717) is 19.1 Å². The summed E-state index contributed by atoms with van der Waals surface area (Å²) in [5, 5.41) is 3.06. The van der Waals surface area contributed by atoms with Crippen molar-refractivity contribution in [2.45, 2.75) is 13.2 Å². The molecule has 3 N–H and O–H groups in total. The summed E-state index contributed by atoms with van der Waals surface area (Å²) in [6, 6.07) is 25.5. The maximum Gasteiger partial charge on any atom is 0.193 e. The minimum Gasteiger partial charge on any atom is -0.497 e. The van der Waals surface area contributed by atoms with Gasteiger partial charge in [-0.3, -0.25) is 0 Å². The van der Waals surface area contributed by atoms with E-state index in [1.54, 1.807) is 7.11 Å². The summed E-state index contributed by atoms with van der Waals surface area (Å²) in [6.07, 6.45) is 0. The Hall–Kier alpha value is -3.47. The topological polar surface area (TPSA) is 68.9 Å². The van der Waals surface area contributed by atoms with Gasteiger partial charge in [0, 0.05) is 11.8 Å². The van der Waals surface area contributed by atoms with Crippen molar-refractivity contribution >= 4 is 11.6 Å². The molecule has 0 aliphatic carbocycles. The number of methoxy groups -OCH3 is 1. The van der Waals surface area contributed by atoms with Gasteiger partial charge < -0.3 is 20.5 Å². The normalized spacial score (nSPS) is 11.1.